The average Bonchev–Trinajstić information content (AvgIpc) is 3.61. The average molecular weight is 982 g/mol. The first-order valence-electron chi connectivity index (χ1n) is 24.0. The number of ether oxygens (including phenoxy) is 10. The predicted octanol–water partition coefficient (Wildman–Crippen LogP) is 5.26. The van der Waals surface area contributed by atoms with E-state index >= 15 is 4.79 Å². The quantitative estimate of drug-likeness (QED) is 0.180. The summed E-state index contributed by atoms with van der Waals surface area (Å²) in [5.74, 6) is -5.40. The molecule has 0 spiro atoms. The summed E-state index contributed by atoms with van der Waals surface area (Å²) < 4.78 is 62.3. The van der Waals surface area contributed by atoms with Gasteiger partial charge in [-0.2, -0.15) is 0 Å². The summed E-state index contributed by atoms with van der Waals surface area (Å²) in [7, 11) is 9.75. The van der Waals surface area contributed by atoms with E-state index in [2.05, 4.69) is 0 Å². The Morgan fingerprint density at radius 2 is 1.53 bits per heavy atom. The Morgan fingerprint density at radius 1 is 0.868 bits per heavy atom. The predicted molar refractivity (Wildman–Crippen MR) is 253 cm³/mol. The van der Waals surface area contributed by atoms with Crippen molar-refractivity contribution in [3.8, 4) is 11.5 Å². The van der Waals surface area contributed by atoms with Crippen LogP contribution in [0.25, 0.3) is 0 Å². The molecular weight excluding hydrogens is 903 g/mol. The molecule has 4 saturated heterocycles. The molecular formula is C50H79NO16S. The largest absolute Gasteiger partial charge is 0.497 e. The number of methoxy groups -OCH3 is 4. The summed E-state index contributed by atoms with van der Waals surface area (Å²) in [4.78, 5) is 60.1. The number of rotatable bonds is 14. The highest BCUT2D eigenvalue weighted by molar-refractivity contribution is 8.01. The van der Waals surface area contributed by atoms with Crippen molar-refractivity contribution in [1.29, 1.82) is 0 Å². The van der Waals surface area contributed by atoms with Crippen molar-refractivity contribution in [2.45, 2.75) is 178 Å². The Hall–Kier alpha value is -2.91. The first kappa shape index (κ1) is 56.0. The maximum Gasteiger partial charge on any atom is 0.320 e. The van der Waals surface area contributed by atoms with E-state index in [-0.39, 0.29) is 48.7 Å². The number of fused-ring (bicyclic) bond motifs is 1. The minimum Gasteiger partial charge on any atom is -0.497 e. The SMILES string of the molecule is CC[C@]12OC(=O)C(SCC(=O)c3ccc(OC)cc3OC)C1[C@@H](C)C(=O)[C@H](C)C[C@@](C)(OC)[C@H](O[C@@H]1O[C@H](C)C[C@H](N(C)C)[C@H]1O)[C@@H](C)[C@H](O[C@H]1C[C@@](C)(OC)[C@@H](O)[C@@H](C)O1)[C@@H](C)C(=O)O[C@@H]2C. The molecule has 4 heterocycles. The van der Waals surface area contributed by atoms with Crippen molar-refractivity contribution in [3.63, 3.8) is 0 Å². The molecule has 1 aromatic rings. The number of esters is 2. The number of Topliss-reactive ketones (excluding diaryl/α,β-unsaturated/α-hetero) is 2. The number of nitrogens with zero attached hydrogens (tertiary/aromatic N) is 1. The third-order valence-corrected chi connectivity index (χ3v) is 16.8. The molecule has 2 unspecified atom stereocenters. The number of aliphatic hydroxyl groups excluding tert-OH is 2. The Bertz CT molecular complexity index is 1920. The Labute approximate surface area is 407 Å². The van der Waals surface area contributed by atoms with Gasteiger partial charge in [0, 0.05) is 56.4 Å². The van der Waals surface area contributed by atoms with Gasteiger partial charge in [-0.3, -0.25) is 19.2 Å². The Kier molecular flexibility index (Phi) is 18.7. The summed E-state index contributed by atoms with van der Waals surface area (Å²) >= 11 is 1.08. The lowest BCUT2D eigenvalue weighted by molar-refractivity contribution is -0.319. The van der Waals surface area contributed by atoms with E-state index in [1.807, 2.05) is 46.7 Å². The fourth-order valence-electron chi connectivity index (χ4n) is 11.2. The van der Waals surface area contributed by atoms with Crippen LogP contribution in [0.5, 0.6) is 11.5 Å². The standard InChI is InChI=1S/C50H79NO16S/c1-17-50-31(8)64-45(56)29(6)41(65-37-23-48(9,60-15)43(55)30(7)63-37)28(5)44(66-47-40(54)34(51(11)12)20-26(3)62-47)49(10,61-16)22-25(2)39(53)27(4)38(50)42(46(57)67-50)68-24-35(52)33-19-18-32(58-13)21-36(33)59-14/h18-19,21,25-31,34,37-38,40-44,47,54-55H,17,20,22-24H2,1-16H3/t25-,26-,27-,28+,29-,30-,31-,34+,37+,38?,40-,41+,42?,43+,44-,47+,48-,49-,50-/m1/s1. The zero-order chi connectivity index (χ0) is 50.8. The van der Waals surface area contributed by atoms with Gasteiger partial charge in [-0.05, 0) is 87.0 Å². The van der Waals surface area contributed by atoms with Gasteiger partial charge in [-0.25, -0.2) is 0 Å². The van der Waals surface area contributed by atoms with Crippen LogP contribution in [0.15, 0.2) is 18.2 Å². The van der Waals surface area contributed by atoms with Crippen LogP contribution in [0.1, 0.15) is 105 Å². The van der Waals surface area contributed by atoms with Gasteiger partial charge in [-0.15, -0.1) is 11.8 Å². The normalized spacial score (nSPS) is 41.9. The van der Waals surface area contributed by atoms with E-state index < -0.39 is 113 Å². The smallest absolute Gasteiger partial charge is 0.320 e. The van der Waals surface area contributed by atoms with Crippen LogP contribution >= 0.6 is 11.8 Å². The van der Waals surface area contributed by atoms with Crippen molar-refractivity contribution < 1.29 is 76.8 Å². The van der Waals surface area contributed by atoms with Crippen LogP contribution in [0.2, 0.25) is 0 Å². The second-order valence-corrected chi connectivity index (χ2v) is 21.3. The molecule has 4 fully saturated rings. The molecule has 0 radical (unpaired) electrons. The maximum atomic E-state index is 15.1. The molecule has 0 aromatic heterocycles. The lowest BCUT2D eigenvalue weighted by Crippen LogP contribution is -2.61. The number of thioether (sulfide) groups is 1. The van der Waals surface area contributed by atoms with E-state index in [0.29, 0.717) is 23.5 Å². The lowest BCUT2D eigenvalue weighted by atomic mass is 9.69. The molecule has 17 nitrogen and oxygen atoms in total. The van der Waals surface area contributed by atoms with Crippen LogP contribution in [-0.4, -0.2) is 170 Å². The Morgan fingerprint density at radius 3 is 2.12 bits per heavy atom. The third kappa shape index (κ3) is 11.2. The van der Waals surface area contributed by atoms with Gasteiger partial charge < -0.3 is 62.5 Å². The highest BCUT2D eigenvalue weighted by atomic mass is 32.2. The number of hydrogen-bond acceptors (Lipinski definition) is 18. The molecule has 386 valence electrons. The molecule has 4 aliphatic heterocycles. The number of hydrogen-bond donors (Lipinski definition) is 2. The molecule has 68 heavy (non-hydrogen) atoms. The first-order chi connectivity index (χ1) is 31.9. The van der Waals surface area contributed by atoms with Gasteiger partial charge in [0.2, 0.25) is 0 Å². The van der Waals surface area contributed by atoms with Gasteiger partial charge in [0.05, 0.1) is 67.1 Å². The number of benzene rings is 1. The highest BCUT2D eigenvalue weighted by Crippen LogP contribution is 2.51. The first-order valence-corrected chi connectivity index (χ1v) is 25.0. The molecule has 4 aliphatic rings. The fraction of sp³-hybridized carbons (Fsp3) is 0.800. The molecule has 19 atom stereocenters. The van der Waals surface area contributed by atoms with Gasteiger partial charge in [0.1, 0.15) is 40.8 Å². The minimum atomic E-state index is -1.48. The van der Waals surface area contributed by atoms with Crippen molar-refractivity contribution in [2.24, 2.45) is 29.6 Å². The van der Waals surface area contributed by atoms with E-state index in [1.54, 1.807) is 59.7 Å². The molecule has 1 aromatic carbocycles. The fourth-order valence-corrected chi connectivity index (χ4v) is 12.6. The summed E-state index contributed by atoms with van der Waals surface area (Å²) in [6.07, 6.45) is -7.45. The molecule has 0 bridgehead atoms. The van der Waals surface area contributed by atoms with Crippen LogP contribution < -0.4 is 9.47 Å². The van der Waals surface area contributed by atoms with Crippen molar-refractivity contribution in [3.05, 3.63) is 23.8 Å². The maximum absolute atomic E-state index is 15.1. The summed E-state index contributed by atoms with van der Waals surface area (Å²) in [5.41, 5.74) is -3.56. The third-order valence-electron chi connectivity index (χ3n) is 15.5. The molecule has 0 aliphatic carbocycles. The van der Waals surface area contributed by atoms with E-state index in [4.69, 9.17) is 47.4 Å². The number of likely N-dealkylation sites (N-methyl/N-ethyl adjacent to an activating group) is 1. The Balaban J connectivity index is 1.62. The van der Waals surface area contributed by atoms with Gasteiger partial charge in [0.15, 0.2) is 24.0 Å². The van der Waals surface area contributed by atoms with E-state index in [1.165, 1.54) is 28.4 Å². The second-order valence-electron chi connectivity index (χ2n) is 20.2. The summed E-state index contributed by atoms with van der Waals surface area (Å²) in [5, 5.41) is 21.9. The molecule has 18 heteroatoms. The van der Waals surface area contributed by atoms with E-state index in [9.17, 15) is 24.6 Å². The number of carbonyl (C=O) groups excluding carboxylic acids is 4. The van der Waals surface area contributed by atoms with Crippen molar-refractivity contribution >= 4 is 35.3 Å². The van der Waals surface area contributed by atoms with Crippen LogP contribution in [0, 0.1) is 29.6 Å². The molecule has 0 amide bonds. The van der Waals surface area contributed by atoms with Crippen LogP contribution in [0.3, 0.4) is 0 Å². The number of carbonyl (C=O) groups is 4. The number of aliphatic hydroxyl groups is 2. The highest BCUT2D eigenvalue weighted by Gasteiger charge is 2.63. The summed E-state index contributed by atoms with van der Waals surface area (Å²) in [6.45, 7) is 17.8. The van der Waals surface area contributed by atoms with Crippen molar-refractivity contribution in [1.82, 2.24) is 4.90 Å². The van der Waals surface area contributed by atoms with Gasteiger partial charge in [-0.1, -0.05) is 27.7 Å². The zero-order valence-corrected chi connectivity index (χ0v) is 43.8. The van der Waals surface area contributed by atoms with Crippen molar-refractivity contribution in [2.75, 3.05) is 48.3 Å². The van der Waals surface area contributed by atoms with Gasteiger partial charge in [0.25, 0.3) is 0 Å². The number of ketones is 2. The van der Waals surface area contributed by atoms with Gasteiger partial charge >= 0.3 is 11.9 Å². The lowest BCUT2D eigenvalue weighted by Gasteiger charge is -2.50. The number of cyclic esters (lactones) is 1. The minimum absolute atomic E-state index is 0.0946. The molecule has 0 saturated carbocycles. The zero-order valence-electron chi connectivity index (χ0n) is 43.0. The topological polar surface area (TPSA) is 204 Å². The second kappa shape index (κ2) is 22.7. The van der Waals surface area contributed by atoms with Crippen LogP contribution in [0.4, 0.5) is 0 Å². The molecule has 5 rings (SSSR count). The summed E-state index contributed by atoms with van der Waals surface area (Å²) in [6, 6.07) is 4.54. The van der Waals surface area contributed by atoms with E-state index in [0.717, 1.165) is 11.8 Å². The van der Waals surface area contributed by atoms with Crippen LogP contribution in [-0.2, 0) is 52.3 Å². The monoisotopic (exact) mass is 982 g/mol. The molecule has 2 N–H and O–H groups in total.